The summed E-state index contributed by atoms with van der Waals surface area (Å²) in [5, 5.41) is 11.8. The molecule has 1 unspecified atom stereocenters. The number of aliphatic carboxylic acids is 1. The quantitative estimate of drug-likeness (QED) is 0.829. The van der Waals surface area contributed by atoms with Crippen molar-refractivity contribution in [2.45, 2.75) is 25.9 Å². The van der Waals surface area contributed by atoms with Crippen molar-refractivity contribution >= 4 is 12.0 Å². The number of ether oxygens (including phenoxy) is 2. The van der Waals surface area contributed by atoms with Gasteiger partial charge in [-0.05, 0) is 44.0 Å². The largest absolute Gasteiger partial charge is 0.497 e. The number of amides is 2. The molecule has 0 saturated carbocycles. The molecule has 1 aliphatic heterocycles. The number of urea groups is 1. The second kappa shape index (κ2) is 8.42. The predicted octanol–water partition coefficient (Wildman–Crippen LogP) is 1.97. The number of carboxylic acid groups (broad SMARTS) is 1. The minimum absolute atomic E-state index is 0.177. The van der Waals surface area contributed by atoms with Crippen molar-refractivity contribution in [1.82, 2.24) is 10.2 Å². The first kappa shape index (κ1) is 17.9. The van der Waals surface area contributed by atoms with Gasteiger partial charge in [0.2, 0.25) is 0 Å². The van der Waals surface area contributed by atoms with E-state index in [1.165, 1.54) is 0 Å². The number of likely N-dealkylation sites (tertiary alicyclic amines) is 1. The summed E-state index contributed by atoms with van der Waals surface area (Å²) in [7, 11) is 1.60. The van der Waals surface area contributed by atoms with Crippen LogP contribution in [0.25, 0.3) is 0 Å². The SMILES string of the molecule is COc1ccc(OC(C)CNC(=O)N2CCC(C(=O)O)CC2)cc1. The lowest BCUT2D eigenvalue weighted by Crippen LogP contribution is -2.47. The van der Waals surface area contributed by atoms with Crippen LogP contribution in [0, 0.1) is 5.92 Å². The van der Waals surface area contributed by atoms with Crippen molar-refractivity contribution in [2.75, 3.05) is 26.7 Å². The normalized spacial score (nSPS) is 16.3. The van der Waals surface area contributed by atoms with E-state index in [1.807, 2.05) is 31.2 Å². The fraction of sp³-hybridized carbons (Fsp3) is 0.529. The van der Waals surface area contributed by atoms with Crippen LogP contribution in [-0.2, 0) is 4.79 Å². The van der Waals surface area contributed by atoms with Crippen molar-refractivity contribution in [1.29, 1.82) is 0 Å². The van der Waals surface area contributed by atoms with Gasteiger partial charge in [-0.3, -0.25) is 4.79 Å². The highest BCUT2D eigenvalue weighted by atomic mass is 16.5. The van der Waals surface area contributed by atoms with Gasteiger partial charge in [0.25, 0.3) is 0 Å². The highest BCUT2D eigenvalue weighted by molar-refractivity contribution is 5.75. The van der Waals surface area contributed by atoms with Gasteiger partial charge in [0.05, 0.1) is 19.6 Å². The van der Waals surface area contributed by atoms with Gasteiger partial charge >= 0.3 is 12.0 Å². The third kappa shape index (κ3) is 5.04. The van der Waals surface area contributed by atoms with Gasteiger partial charge in [0.1, 0.15) is 17.6 Å². The van der Waals surface area contributed by atoms with E-state index in [-0.39, 0.29) is 18.1 Å². The van der Waals surface area contributed by atoms with Gasteiger partial charge in [-0.2, -0.15) is 0 Å². The molecular weight excluding hydrogens is 312 g/mol. The van der Waals surface area contributed by atoms with Gasteiger partial charge in [-0.1, -0.05) is 0 Å². The zero-order valence-electron chi connectivity index (χ0n) is 14.0. The zero-order chi connectivity index (χ0) is 17.5. The summed E-state index contributed by atoms with van der Waals surface area (Å²) in [6.07, 6.45) is 0.820. The Labute approximate surface area is 141 Å². The highest BCUT2D eigenvalue weighted by Gasteiger charge is 2.26. The number of methoxy groups -OCH3 is 1. The first-order valence-electron chi connectivity index (χ1n) is 8.06. The van der Waals surface area contributed by atoms with E-state index in [1.54, 1.807) is 12.0 Å². The van der Waals surface area contributed by atoms with Crippen molar-refractivity contribution in [2.24, 2.45) is 5.92 Å². The monoisotopic (exact) mass is 336 g/mol. The molecule has 1 aliphatic rings. The summed E-state index contributed by atoms with van der Waals surface area (Å²) in [4.78, 5) is 24.7. The summed E-state index contributed by atoms with van der Waals surface area (Å²) in [6, 6.07) is 7.08. The number of nitrogens with one attached hydrogen (secondary N) is 1. The summed E-state index contributed by atoms with van der Waals surface area (Å²) < 4.78 is 10.8. The third-order valence-corrected chi connectivity index (χ3v) is 4.07. The molecule has 1 heterocycles. The number of benzene rings is 1. The van der Waals surface area contributed by atoms with Gasteiger partial charge < -0.3 is 24.8 Å². The number of rotatable bonds is 6. The Morgan fingerprint density at radius 1 is 1.25 bits per heavy atom. The summed E-state index contributed by atoms with van der Waals surface area (Å²) in [5.74, 6) is 0.343. The van der Waals surface area contributed by atoms with Crippen LogP contribution in [0.1, 0.15) is 19.8 Å². The lowest BCUT2D eigenvalue weighted by molar-refractivity contribution is -0.143. The van der Waals surface area contributed by atoms with Crippen LogP contribution in [0.5, 0.6) is 11.5 Å². The van der Waals surface area contributed by atoms with E-state index in [2.05, 4.69) is 5.32 Å². The van der Waals surface area contributed by atoms with Crippen LogP contribution in [0.3, 0.4) is 0 Å². The Bertz CT molecular complexity index is 553. The molecule has 7 nitrogen and oxygen atoms in total. The fourth-order valence-corrected chi connectivity index (χ4v) is 2.60. The minimum Gasteiger partial charge on any atom is -0.497 e. The molecule has 2 N–H and O–H groups in total. The van der Waals surface area contributed by atoms with Crippen LogP contribution < -0.4 is 14.8 Å². The van der Waals surface area contributed by atoms with Gasteiger partial charge in [0, 0.05) is 13.1 Å². The molecule has 2 rings (SSSR count). The number of carboxylic acids is 1. The molecule has 1 saturated heterocycles. The topological polar surface area (TPSA) is 88.1 Å². The van der Waals surface area contributed by atoms with E-state index >= 15 is 0 Å². The van der Waals surface area contributed by atoms with Gasteiger partial charge in [-0.15, -0.1) is 0 Å². The van der Waals surface area contributed by atoms with Crippen molar-refractivity contribution < 1.29 is 24.2 Å². The molecule has 0 spiro atoms. The molecule has 1 aromatic rings. The first-order valence-corrected chi connectivity index (χ1v) is 8.06. The van der Waals surface area contributed by atoms with E-state index in [4.69, 9.17) is 14.6 Å². The second-order valence-corrected chi connectivity index (χ2v) is 5.89. The summed E-state index contributed by atoms with van der Waals surface area (Å²) in [6.45, 7) is 3.19. The first-order chi connectivity index (χ1) is 11.5. The maximum absolute atomic E-state index is 12.1. The maximum Gasteiger partial charge on any atom is 0.317 e. The minimum atomic E-state index is -0.781. The zero-order valence-corrected chi connectivity index (χ0v) is 14.0. The third-order valence-electron chi connectivity index (χ3n) is 4.07. The highest BCUT2D eigenvalue weighted by Crippen LogP contribution is 2.19. The maximum atomic E-state index is 12.1. The van der Waals surface area contributed by atoms with E-state index in [0.29, 0.717) is 38.2 Å². The summed E-state index contributed by atoms with van der Waals surface area (Å²) in [5.41, 5.74) is 0. The molecule has 1 aromatic carbocycles. The standard InChI is InChI=1S/C17H24N2O5/c1-12(24-15-5-3-14(23-2)4-6-15)11-18-17(22)19-9-7-13(8-10-19)16(20)21/h3-6,12-13H,7-11H2,1-2H3,(H,18,22)(H,20,21). The molecule has 2 amide bonds. The number of hydrogen-bond donors (Lipinski definition) is 2. The van der Waals surface area contributed by atoms with Crippen LogP contribution in [0.2, 0.25) is 0 Å². The Morgan fingerprint density at radius 2 is 1.83 bits per heavy atom. The van der Waals surface area contributed by atoms with Crippen LogP contribution >= 0.6 is 0 Å². The lowest BCUT2D eigenvalue weighted by atomic mass is 9.97. The number of carbonyl (C=O) groups is 2. The fourth-order valence-electron chi connectivity index (χ4n) is 2.60. The van der Waals surface area contributed by atoms with Crippen LogP contribution in [0.15, 0.2) is 24.3 Å². The average Bonchev–Trinajstić information content (AvgIpc) is 2.60. The van der Waals surface area contributed by atoms with Crippen molar-refractivity contribution in [3.8, 4) is 11.5 Å². The summed E-state index contributed by atoms with van der Waals surface area (Å²) >= 11 is 0. The number of piperidine rings is 1. The molecule has 7 heteroatoms. The van der Waals surface area contributed by atoms with Crippen molar-refractivity contribution in [3.05, 3.63) is 24.3 Å². The molecule has 1 fully saturated rings. The van der Waals surface area contributed by atoms with Crippen LogP contribution in [0.4, 0.5) is 4.79 Å². The Morgan fingerprint density at radius 3 is 2.38 bits per heavy atom. The predicted molar refractivity (Wildman–Crippen MR) is 88.4 cm³/mol. The van der Waals surface area contributed by atoms with E-state index < -0.39 is 5.97 Å². The molecule has 1 atom stereocenters. The Hall–Kier alpha value is -2.44. The van der Waals surface area contributed by atoms with Gasteiger partial charge in [-0.25, -0.2) is 4.79 Å². The molecule has 0 bridgehead atoms. The second-order valence-electron chi connectivity index (χ2n) is 5.89. The van der Waals surface area contributed by atoms with E-state index in [9.17, 15) is 9.59 Å². The van der Waals surface area contributed by atoms with Gasteiger partial charge in [0.15, 0.2) is 0 Å². The number of hydrogen-bond acceptors (Lipinski definition) is 4. The Kier molecular flexibility index (Phi) is 6.28. The molecular formula is C17H24N2O5. The molecule has 0 radical (unpaired) electrons. The smallest absolute Gasteiger partial charge is 0.317 e. The van der Waals surface area contributed by atoms with E-state index in [0.717, 1.165) is 5.75 Å². The van der Waals surface area contributed by atoms with Crippen LogP contribution in [-0.4, -0.2) is 54.9 Å². The molecule has 0 aliphatic carbocycles. The molecule has 132 valence electrons. The Balaban J connectivity index is 1.72. The molecule has 0 aromatic heterocycles. The molecule has 24 heavy (non-hydrogen) atoms. The average molecular weight is 336 g/mol. The number of carbonyl (C=O) groups excluding carboxylic acids is 1. The van der Waals surface area contributed by atoms with Crippen molar-refractivity contribution in [3.63, 3.8) is 0 Å². The lowest BCUT2D eigenvalue weighted by Gasteiger charge is -2.30. The number of nitrogens with zero attached hydrogens (tertiary/aromatic N) is 1.